The maximum absolute atomic E-state index is 13.4. The van der Waals surface area contributed by atoms with Crippen LogP contribution in [0.25, 0.3) is 0 Å². The number of sulfonamides is 1. The number of rotatable bonds is 8. The summed E-state index contributed by atoms with van der Waals surface area (Å²) in [6, 6.07) is 23.5. The minimum atomic E-state index is -4.01. The molecule has 3 aromatic rings. The van der Waals surface area contributed by atoms with Crippen LogP contribution in [-0.2, 0) is 28.0 Å². The molecule has 3 rings (SSSR count). The van der Waals surface area contributed by atoms with Crippen LogP contribution in [0.2, 0.25) is 5.02 Å². The van der Waals surface area contributed by atoms with Gasteiger partial charge in [-0.25, -0.2) is 8.42 Å². The summed E-state index contributed by atoms with van der Waals surface area (Å²) in [5, 5.41) is 0.0121. The van der Waals surface area contributed by atoms with Crippen molar-refractivity contribution in [3.63, 3.8) is 0 Å². The van der Waals surface area contributed by atoms with Gasteiger partial charge in [0, 0.05) is 25.7 Å². The normalized spacial score (nSPS) is 11.5. The fourth-order valence-corrected chi connectivity index (χ4v) is 4.53. The molecule has 0 unspecified atom stereocenters. The van der Waals surface area contributed by atoms with E-state index in [0.717, 1.165) is 11.1 Å². The summed E-state index contributed by atoms with van der Waals surface area (Å²) in [5.74, 6) is -0.305. The van der Waals surface area contributed by atoms with E-state index in [1.807, 2.05) is 60.7 Å². The molecule has 0 aliphatic carbocycles. The van der Waals surface area contributed by atoms with Crippen LogP contribution >= 0.6 is 11.6 Å². The van der Waals surface area contributed by atoms with E-state index >= 15 is 0 Å². The predicted octanol–water partition coefficient (Wildman–Crippen LogP) is 4.36. The Morgan fingerprint density at radius 3 is 1.90 bits per heavy atom. The maximum Gasteiger partial charge on any atom is 0.266 e. The molecular formula is C23H23ClN2O4S. The van der Waals surface area contributed by atoms with Crippen molar-refractivity contribution in [2.45, 2.75) is 18.0 Å². The highest BCUT2D eigenvalue weighted by atomic mass is 35.5. The van der Waals surface area contributed by atoms with Crippen LogP contribution in [0.5, 0.6) is 0 Å². The number of carbonyl (C=O) groups excluding carboxylic acids is 1. The van der Waals surface area contributed by atoms with Gasteiger partial charge in [-0.3, -0.25) is 9.63 Å². The van der Waals surface area contributed by atoms with Gasteiger partial charge in [0.2, 0.25) is 0 Å². The number of nitrogens with zero attached hydrogens (tertiary/aromatic N) is 2. The van der Waals surface area contributed by atoms with Crippen LogP contribution in [0.15, 0.2) is 83.8 Å². The Kier molecular flexibility index (Phi) is 7.46. The van der Waals surface area contributed by atoms with Crippen LogP contribution in [0, 0.1) is 0 Å². The second kappa shape index (κ2) is 10.1. The van der Waals surface area contributed by atoms with Gasteiger partial charge in [-0.2, -0.15) is 0 Å². The average Bonchev–Trinajstić information content (AvgIpc) is 2.79. The molecule has 0 heterocycles. The summed E-state index contributed by atoms with van der Waals surface area (Å²) < 4.78 is 26.1. The zero-order valence-corrected chi connectivity index (χ0v) is 18.8. The van der Waals surface area contributed by atoms with Crippen molar-refractivity contribution in [2.75, 3.05) is 14.2 Å². The fourth-order valence-electron chi connectivity index (χ4n) is 3.06. The van der Waals surface area contributed by atoms with Gasteiger partial charge in [-0.1, -0.05) is 76.7 Å². The van der Waals surface area contributed by atoms with Crippen molar-refractivity contribution in [3.05, 3.63) is 101 Å². The Labute approximate surface area is 187 Å². The highest BCUT2D eigenvalue weighted by Crippen LogP contribution is 2.26. The Bertz CT molecular complexity index is 1100. The van der Waals surface area contributed by atoms with Crippen molar-refractivity contribution in [3.8, 4) is 0 Å². The van der Waals surface area contributed by atoms with Crippen molar-refractivity contribution in [2.24, 2.45) is 0 Å². The van der Waals surface area contributed by atoms with Gasteiger partial charge >= 0.3 is 0 Å². The number of amides is 1. The zero-order valence-electron chi connectivity index (χ0n) is 17.2. The Morgan fingerprint density at radius 2 is 1.42 bits per heavy atom. The highest BCUT2D eigenvalue weighted by molar-refractivity contribution is 7.89. The summed E-state index contributed by atoms with van der Waals surface area (Å²) in [5.41, 5.74) is 2.15. The van der Waals surface area contributed by atoms with Gasteiger partial charge in [0.05, 0.1) is 12.1 Å². The molecule has 0 saturated carbocycles. The standard InChI is InChI=1S/C23H23ClN2O4S/c1-25(30-2)31(28,29)22-15-20(13-14-21(22)24)23(27)26(16-18-9-5-3-6-10-18)17-19-11-7-4-8-12-19/h3-15H,16-17H2,1-2H3. The van der Waals surface area contributed by atoms with Gasteiger partial charge in [-0.05, 0) is 29.3 Å². The van der Waals surface area contributed by atoms with E-state index < -0.39 is 10.0 Å². The third-order valence-electron chi connectivity index (χ3n) is 4.77. The molecule has 0 N–H and O–H groups in total. The summed E-state index contributed by atoms with van der Waals surface area (Å²) in [4.78, 5) is 19.7. The molecule has 1 amide bonds. The van der Waals surface area contributed by atoms with Crippen LogP contribution in [0.1, 0.15) is 21.5 Å². The minimum Gasteiger partial charge on any atom is -0.330 e. The lowest BCUT2D eigenvalue weighted by Gasteiger charge is -2.24. The third-order valence-corrected chi connectivity index (χ3v) is 6.93. The lowest BCUT2D eigenvalue weighted by molar-refractivity contribution is -0.0258. The number of benzene rings is 3. The molecule has 0 radical (unpaired) electrons. The van der Waals surface area contributed by atoms with E-state index in [-0.39, 0.29) is 21.4 Å². The number of carbonyl (C=O) groups is 1. The van der Waals surface area contributed by atoms with Crippen molar-refractivity contribution in [1.82, 2.24) is 9.37 Å². The first-order chi connectivity index (χ1) is 14.8. The summed E-state index contributed by atoms with van der Waals surface area (Å²) >= 11 is 6.14. The molecule has 6 nitrogen and oxygen atoms in total. The van der Waals surface area contributed by atoms with Crippen LogP contribution in [-0.4, -0.2) is 37.9 Å². The zero-order chi connectivity index (χ0) is 22.4. The Hall–Kier alpha value is -2.71. The minimum absolute atomic E-state index is 0.0121. The monoisotopic (exact) mass is 458 g/mol. The quantitative estimate of drug-likeness (QED) is 0.470. The number of hydrogen-bond donors (Lipinski definition) is 0. The molecular weight excluding hydrogens is 436 g/mol. The molecule has 31 heavy (non-hydrogen) atoms. The predicted molar refractivity (Wildman–Crippen MR) is 120 cm³/mol. The molecule has 0 atom stereocenters. The van der Waals surface area contributed by atoms with Crippen LogP contribution in [0.4, 0.5) is 0 Å². The lowest BCUT2D eigenvalue weighted by Crippen LogP contribution is -2.31. The third kappa shape index (κ3) is 5.51. The fraction of sp³-hybridized carbons (Fsp3) is 0.174. The average molecular weight is 459 g/mol. The molecule has 0 bridgehead atoms. The van der Waals surface area contributed by atoms with Gasteiger partial charge in [-0.15, -0.1) is 0 Å². The number of halogens is 1. The van der Waals surface area contributed by atoms with Gasteiger partial charge in [0.1, 0.15) is 4.90 Å². The molecule has 3 aromatic carbocycles. The Balaban J connectivity index is 1.98. The van der Waals surface area contributed by atoms with Gasteiger partial charge in [0.25, 0.3) is 15.9 Å². The second-order valence-corrected chi connectivity index (χ2v) is 9.19. The topological polar surface area (TPSA) is 66.9 Å². The molecule has 0 aromatic heterocycles. The second-order valence-electron chi connectivity index (χ2n) is 6.87. The van der Waals surface area contributed by atoms with Crippen molar-refractivity contribution >= 4 is 27.5 Å². The summed E-state index contributed by atoms with van der Waals surface area (Å²) in [6.07, 6.45) is 0. The van der Waals surface area contributed by atoms with Crippen molar-refractivity contribution in [1.29, 1.82) is 0 Å². The van der Waals surface area contributed by atoms with Gasteiger partial charge < -0.3 is 4.90 Å². The molecule has 162 valence electrons. The largest absolute Gasteiger partial charge is 0.330 e. The molecule has 0 saturated heterocycles. The molecule has 0 spiro atoms. The lowest BCUT2D eigenvalue weighted by atomic mass is 10.1. The maximum atomic E-state index is 13.4. The van der Waals surface area contributed by atoms with E-state index in [2.05, 4.69) is 0 Å². The number of hydroxylamine groups is 1. The van der Waals surface area contributed by atoms with Gasteiger partial charge in [0.15, 0.2) is 0 Å². The molecule has 0 fully saturated rings. The first-order valence-corrected chi connectivity index (χ1v) is 11.3. The SMILES string of the molecule is CON(C)S(=O)(=O)c1cc(C(=O)N(Cc2ccccc2)Cc2ccccc2)ccc1Cl. The molecule has 8 heteroatoms. The number of hydrogen-bond acceptors (Lipinski definition) is 4. The van der Waals surface area contributed by atoms with E-state index in [0.29, 0.717) is 17.6 Å². The van der Waals surface area contributed by atoms with Crippen LogP contribution in [0.3, 0.4) is 0 Å². The van der Waals surface area contributed by atoms with Crippen molar-refractivity contribution < 1.29 is 18.0 Å². The summed E-state index contributed by atoms with van der Waals surface area (Å²) in [6.45, 7) is 0.745. The van der Waals surface area contributed by atoms with E-state index in [1.165, 1.54) is 32.4 Å². The van der Waals surface area contributed by atoms with E-state index in [1.54, 1.807) is 4.90 Å². The smallest absolute Gasteiger partial charge is 0.266 e. The van der Waals surface area contributed by atoms with E-state index in [9.17, 15) is 13.2 Å². The van der Waals surface area contributed by atoms with Crippen LogP contribution < -0.4 is 0 Å². The highest BCUT2D eigenvalue weighted by Gasteiger charge is 2.26. The first kappa shape index (κ1) is 23.0. The Morgan fingerprint density at radius 1 is 0.903 bits per heavy atom. The first-order valence-electron chi connectivity index (χ1n) is 9.52. The molecule has 0 aliphatic heterocycles. The summed E-state index contributed by atoms with van der Waals surface area (Å²) in [7, 11) is -1.51. The molecule has 0 aliphatic rings. The van der Waals surface area contributed by atoms with E-state index in [4.69, 9.17) is 16.4 Å².